The van der Waals surface area contributed by atoms with Crippen molar-refractivity contribution < 1.29 is 19.2 Å². The molecule has 0 aliphatic heterocycles. The van der Waals surface area contributed by atoms with Crippen molar-refractivity contribution in [2.75, 3.05) is 13.1 Å². The maximum absolute atomic E-state index is 10.8. The molecule has 0 aliphatic rings. The van der Waals surface area contributed by atoms with Gasteiger partial charge in [0.05, 0.1) is 5.56 Å². The molecule has 5 heteroatoms. The van der Waals surface area contributed by atoms with Crippen LogP contribution in [0, 0.1) is 0 Å². The minimum atomic E-state index is -0.624. The molecule has 23 heavy (non-hydrogen) atoms. The summed E-state index contributed by atoms with van der Waals surface area (Å²) in [6, 6.07) is 18.2. The summed E-state index contributed by atoms with van der Waals surface area (Å²) in [5.74, 6) is 0.279. The van der Waals surface area contributed by atoms with Gasteiger partial charge in [-0.3, -0.25) is 4.79 Å². The summed E-state index contributed by atoms with van der Waals surface area (Å²) < 4.78 is 4.11. The standard InChI is InChI=1S/C10H15NO.C8H6O3/c1-3-11(4-2)12-10-8-6-5-7-9-10;9-6-11-8(10)7-4-2-1-3-5-7/h5-9H,3-4H2,1-2H3;1-6H. The van der Waals surface area contributed by atoms with Crippen molar-refractivity contribution in [1.29, 1.82) is 0 Å². The van der Waals surface area contributed by atoms with Crippen LogP contribution in [0.15, 0.2) is 60.7 Å². The second kappa shape index (κ2) is 11.0. The van der Waals surface area contributed by atoms with Crippen LogP contribution in [0.5, 0.6) is 5.75 Å². The van der Waals surface area contributed by atoms with Gasteiger partial charge >= 0.3 is 12.4 Å². The highest BCUT2D eigenvalue weighted by molar-refractivity contribution is 5.92. The van der Waals surface area contributed by atoms with Gasteiger partial charge in [0.25, 0.3) is 0 Å². The summed E-state index contributed by atoms with van der Waals surface area (Å²) in [5.41, 5.74) is 0.375. The van der Waals surface area contributed by atoms with Crippen LogP contribution < -0.4 is 4.84 Å². The highest BCUT2D eigenvalue weighted by Crippen LogP contribution is 2.09. The fourth-order valence-electron chi connectivity index (χ4n) is 1.67. The lowest BCUT2D eigenvalue weighted by Crippen LogP contribution is -2.26. The van der Waals surface area contributed by atoms with Gasteiger partial charge in [-0.05, 0) is 38.1 Å². The molecule has 5 nitrogen and oxygen atoms in total. The molecule has 0 atom stereocenters. The predicted octanol–water partition coefficient (Wildman–Crippen LogP) is 3.32. The Morgan fingerprint density at radius 1 is 0.957 bits per heavy atom. The number of para-hydroxylation sites is 1. The van der Waals surface area contributed by atoms with E-state index in [0.29, 0.717) is 5.56 Å². The molecule has 0 aromatic heterocycles. The number of hydrogen-bond acceptors (Lipinski definition) is 5. The Balaban J connectivity index is 0.000000231. The van der Waals surface area contributed by atoms with Crippen molar-refractivity contribution >= 4 is 12.4 Å². The van der Waals surface area contributed by atoms with Crippen molar-refractivity contribution in [3.05, 3.63) is 66.2 Å². The molecule has 2 rings (SSSR count). The van der Waals surface area contributed by atoms with Crippen molar-refractivity contribution in [3.63, 3.8) is 0 Å². The van der Waals surface area contributed by atoms with Crippen LogP contribution in [0.3, 0.4) is 0 Å². The fourth-order valence-corrected chi connectivity index (χ4v) is 1.67. The molecule has 122 valence electrons. The Bertz CT molecular complexity index is 568. The molecule has 0 N–H and O–H groups in total. The van der Waals surface area contributed by atoms with Gasteiger partial charge in [-0.1, -0.05) is 36.4 Å². The first-order chi connectivity index (χ1) is 11.2. The molecular formula is C18H21NO4. The van der Waals surface area contributed by atoms with Crippen molar-refractivity contribution in [2.45, 2.75) is 13.8 Å². The monoisotopic (exact) mass is 315 g/mol. The Morgan fingerprint density at radius 2 is 1.48 bits per heavy atom. The highest BCUT2D eigenvalue weighted by Gasteiger charge is 2.03. The summed E-state index contributed by atoms with van der Waals surface area (Å²) in [5, 5.41) is 1.91. The lowest BCUT2D eigenvalue weighted by atomic mass is 10.2. The number of carbonyl (C=O) groups is 2. The molecule has 0 bridgehead atoms. The molecule has 0 aliphatic carbocycles. The van der Waals surface area contributed by atoms with E-state index in [4.69, 9.17) is 4.84 Å². The summed E-state index contributed by atoms with van der Waals surface area (Å²) in [6.07, 6.45) is 0. The molecule has 0 saturated carbocycles. The minimum absolute atomic E-state index is 0.120. The normalized spacial score (nSPS) is 9.52. The van der Waals surface area contributed by atoms with Gasteiger partial charge in [-0.25, -0.2) is 4.79 Å². The number of nitrogens with zero attached hydrogens (tertiary/aromatic N) is 1. The topological polar surface area (TPSA) is 55.8 Å². The van der Waals surface area contributed by atoms with E-state index in [2.05, 4.69) is 18.6 Å². The Hall–Kier alpha value is -2.66. The van der Waals surface area contributed by atoms with E-state index in [0.717, 1.165) is 18.8 Å². The molecule has 0 spiro atoms. The summed E-state index contributed by atoms with van der Waals surface area (Å²) in [6.45, 7) is 6.09. The van der Waals surface area contributed by atoms with E-state index < -0.39 is 5.97 Å². The van der Waals surface area contributed by atoms with Crippen LogP contribution in [-0.4, -0.2) is 30.6 Å². The lowest BCUT2D eigenvalue weighted by molar-refractivity contribution is -0.123. The molecule has 0 radical (unpaired) electrons. The van der Waals surface area contributed by atoms with Crippen molar-refractivity contribution in [1.82, 2.24) is 5.06 Å². The van der Waals surface area contributed by atoms with Crippen LogP contribution >= 0.6 is 0 Å². The van der Waals surface area contributed by atoms with Crippen LogP contribution in [0.1, 0.15) is 24.2 Å². The fraction of sp³-hybridized carbons (Fsp3) is 0.222. The number of benzene rings is 2. The van der Waals surface area contributed by atoms with Gasteiger partial charge in [0.15, 0.2) is 0 Å². The number of esters is 1. The smallest absolute Gasteiger partial charge is 0.345 e. The summed E-state index contributed by atoms with van der Waals surface area (Å²) >= 11 is 0. The van der Waals surface area contributed by atoms with Gasteiger partial charge in [0.2, 0.25) is 0 Å². The Kier molecular flexibility index (Phi) is 8.78. The average Bonchev–Trinajstić information content (AvgIpc) is 2.62. The quantitative estimate of drug-likeness (QED) is 0.354. The van der Waals surface area contributed by atoms with E-state index in [1.807, 2.05) is 35.4 Å². The molecule has 0 saturated heterocycles. The Morgan fingerprint density at radius 3 is 1.96 bits per heavy atom. The number of ether oxygens (including phenoxy) is 1. The zero-order chi connectivity index (χ0) is 16.9. The average molecular weight is 315 g/mol. The minimum Gasteiger partial charge on any atom is -0.406 e. The molecular weight excluding hydrogens is 294 g/mol. The lowest BCUT2D eigenvalue weighted by Gasteiger charge is -2.18. The number of hydroxylamine groups is 2. The third kappa shape index (κ3) is 7.24. The largest absolute Gasteiger partial charge is 0.406 e. The zero-order valence-electron chi connectivity index (χ0n) is 13.3. The van der Waals surface area contributed by atoms with Crippen LogP contribution in [0.25, 0.3) is 0 Å². The second-order valence-electron chi connectivity index (χ2n) is 4.39. The van der Waals surface area contributed by atoms with Crippen LogP contribution in [-0.2, 0) is 9.53 Å². The maximum atomic E-state index is 10.8. The zero-order valence-corrected chi connectivity index (χ0v) is 13.3. The molecule has 2 aromatic carbocycles. The third-order valence-electron chi connectivity index (χ3n) is 2.85. The van der Waals surface area contributed by atoms with Crippen molar-refractivity contribution in [3.8, 4) is 5.75 Å². The van der Waals surface area contributed by atoms with Gasteiger partial charge in [-0.2, -0.15) is 0 Å². The van der Waals surface area contributed by atoms with Gasteiger partial charge in [-0.15, -0.1) is 5.06 Å². The SMILES string of the molecule is CCN(CC)Oc1ccccc1.O=COC(=O)c1ccccc1. The number of hydrogen-bond donors (Lipinski definition) is 0. The Labute approximate surface area is 136 Å². The summed E-state index contributed by atoms with van der Waals surface area (Å²) in [4.78, 5) is 26.1. The molecule has 0 unspecified atom stereocenters. The van der Waals surface area contributed by atoms with Crippen LogP contribution in [0.2, 0.25) is 0 Å². The predicted molar refractivity (Wildman–Crippen MR) is 87.9 cm³/mol. The molecule has 0 heterocycles. The highest BCUT2D eigenvalue weighted by atomic mass is 16.7. The van der Waals surface area contributed by atoms with Gasteiger partial charge < -0.3 is 9.57 Å². The first-order valence-corrected chi connectivity index (χ1v) is 7.38. The third-order valence-corrected chi connectivity index (χ3v) is 2.85. The van der Waals surface area contributed by atoms with Crippen molar-refractivity contribution in [2.24, 2.45) is 0 Å². The first kappa shape index (κ1) is 18.4. The van der Waals surface area contributed by atoms with Gasteiger partial charge in [0.1, 0.15) is 5.75 Å². The van der Waals surface area contributed by atoms with E-state index in [9.17, 15) is 9.59 Å². The summed E-state index contributed by atoms with van der Waals surface area (Å²) in [7, 11) is 0. The molecule has 0 amide bonds. The van der Waals surface area contributed by atoms with E-state index >= 15 is 0 Å². The van der Waals surface area contributed by atoms with E-state index in [-0.39, 0.29) is 6.47 Å². The van der Waals surface area contributed by atoms with E-state index in [1.165, 1.54) is 0 Å². The van der Waals surface area contributed by atoms with Crippen LogP contribution in [0.4, 0.5) is 0 Å². The first-order valence-electron chi connectivity index (χ1n) is 7.38. The number of carbonyl (C=O) groups excluding carboxylic acids is 2. The molecule has 0 fully saturated rings. The maximum Gasteiger partial charge on any atom is 0.345 e. The second-order valence-corrected chi connectivity index (χ2v) is 4.39. The molecule has 2 aromatic rings. The van der Waals surface area contributed by atoms with E-state index in [1.54, 1.807) is 30.3 Å². The van der Waals surface area contributed by atoms with Gasteiger partial charge in [0, 0.05) is 13.1 Å². The number of rotatable bonds is 6.